The predicted molar refractivity (Wildman–Crippen MR) is 112 cm³/mol. The van der Waals surface area contributed by atoms with Crippen LogP contribution in [0.15, 0.2) is 36.4 Å². The number of aromatic amines is 1. The number of hydrogen-bond donors (Lipinski definition) is 1. The second-order valence-corrected chi connectivity index (χ2v) is 7.89. The minimum atomic E-state index is -0.617. The van der Waals surface area contributed by atoms with Gasteiger partial charge < -0.3 is 9.88 Å². The Kier molecular flexibility index (Phi) is 4.43. The monoisotopic (exact) mass is 425 g/mol. The Morgan fingerprint density at radius 3 is 2.53 bits per heavy atom. The largest absolute Gasteiger partial charge is 0.356 e. The van der Waals surface area contributed by atoms with Crippen LogP contribution in [0.3, 0.4) is 0 Å². The number of halogens is 3. The van der Waals surface area contributed by atoms with Crippen LogP contribution in [0, 0.1) is 25.5 Å². The summed E-state index contributed by atoms with van der Waals surface area (Å²) >= 11 is 6.22. The van der Waals surface area contributed by atoms with E-state index >= 15 is 0 Å². The molecule has 1 aliphatic heterocycles. The van der Waals surface area contributed by atoms with E-state index in [9.17, 15) is 8.78 Å². The molecule has 0 radical (unpaired) electrons. The van der Waals surface area contributed by atoms with Crippen molar-refractivity contribution in [2.75, 3.05) is 11.4 Å². The topological polar surface area (TPSA) is 57.7 Å². The number of hydrogen-bond acceptors (Lipinski definition) is 4. The molecule has 2 aromatic heterocycles. The highest BCUT2D eigenvalue weighted by atomic mass is 35.5. The van der Waals surface area contributed by atoms with Gasteiger partial charge in [0.2, 0.25) is 5.95 Å². The van der Waals surface area contributed by atoms with Crippen molar-refractivity contribution in [2.45, 2.75) is 26.3 Å². The molecule has 0 aliphatic carbocycles. The van der Waals surface area contributed by atoms with Crippen molar-refractivity contribution in [1.29, 1.82) is 0 Å². The molecule has 5 rings (SSSR count). The number of fused-ring (bicyclic) bond motifs is 3. The number of aromatic nitrogens is 4. The highest BCUT2D eigenvalue weighted by Gasteiger charge is 2.35. The Bertz CT molecular complexity index is 1270. The summed E-state index contributed by atoms with van der Waals surface area (Å²) in [6.07, 6.45) is 0.707. The molecule has 2 aromatic carbocycles. The van der Waals surface area contributed by atoms with Crippen molar-refractivity contribution in [3.8, 4) is 0 Å². The third-order valence-electron chi connectivity index (χ3n) is 5.45. The van der Waals surface area contributed by atoms with Gasteiger partial charge in [-0.15, -0.1) is 0 Å². The summed E-state index contributed by atoms with van der Waals surface area (Å²) in [7, 11) is 0. The van der Waals surface area contributed by atoms with Crippen LogP contribution in [0.5, 0.6) is 0 Å². The number of benzene rings is 2. The van der Waals surface area contributed by atoms with Crippen LogP contribution in [0.1, 0.15) is 34.5 Å². The fourth-order valence-corrected chi connectivity index (χ4v) is 4.42. The van der Waals surface area contributed by atoms with Crippen molar-refractivity contribution < 1.29 is 8.78 Å². The lowest BCUT2D eigenvalue weighted by Crippen LogP contribution is -2.38. The molecular formula is C22H18ClF2N5. The van der Waals surface area contributed by atoms with Crippen LogP contribution in [0.4, 0.5) is 14.7 Å². The maximum atomic E-state index is 14.9. The summed E-state index contributed by atoms with van der Waals surface area (Å²) in [6.45, 7) is 4.16. The summed E-state index contributed by atoms with van der Waals surface area (Å²) in [6, 6.07) is 8.76. The van der Waals surface area contributed by atoms with Gasteiger partial charge in [0.1, 0.15) is 29.3 Å². The third-order valence-corrected chi connectivity index (χ3v) is 5.69. The first-order valence-electron chi connectivity index (χ1n) is 9.61. The normalized spacial score (nSPS) is 16.2. The Balaban J connectivity index is 1.75. The van der Waals surface area contributed by atoms with Crippen molar-refractivity contribution in [1.82, 2.24) is 19.9 Å². The van der Waals surface area contributed by atoms with Gasteiger partial charge in [-0.3, -0.25) is 0 Å². The zero-order valence-corrected chi connectivity index (χ0v) is 17.1. The highest BCUT2D eigenvalue weighted by Crippen LogP contribution is 2.41. The molecule has 1 N–H and O–H groups in total. The number of rotatable bonds is 2. The fourth-order valence-electron chi connectivity index (χ4n) is 4.25. The van der Waals surface area contributed by atoms with Crippen LogP contribution in [0.2, 0.25) is 5.02 Å². The van der Waals surface area contributed by atoms with Gasteiger partial charge in [-0.25, -0.2) is 13.8 Å². The summed E-state index contributed by atoms with van der Waals surface area (Å²) < 4.78 is 28.6. The van der Waals surface area contributed by atoms with E-state index < -0.39 is 17.7 Å². The van der Waals surface area contributed by atoms with E-state index in [2.05, 4.69) is 19.9 Å². The summed E-state index contributed by atoms with van der Waals surface area (Å²) in [4.78, 5) is 18.6. The predicted octanol–water partition coefficient (Wildman–Crippen LogP) is 5.05. The summed E-state index contributed by atoms with van der Waals surface area (Å²) in [5, 5.41) is 1.65. The second-order valence-electron chi connectivity index (χ2n) is 7.45. The summed E-state index contributed by atoms with van der Waals surface area (Å²) in [5.74, 6) is 0.414. The fraction of sp³-hybridized carbons (Fsp3) is 0.227. The highest BCUT2D eigenvalue weighted by molar-refractivity contribution is 6.31. The van der Waals surface area contributed by atoms with Crippen LogP contribution in [-0.4, -0.2) is 26.5 Å². The molecule has 0 bridgehead atoms. The molecule has 8 heteroatoms. The molecule has 5 nitrogen and oxygen atoms in total. The van der Waals surface area contributed by atoms with E-state index in [-0.39, 0.29) is 0 Å². The van der Waals surface area contributed by atoms with Crippen LogP contribution >= 0.6 is 11.6 Å². The van der Waals surface area contributed by atoms with Gasteiger partial charge in [0.15, 0.2) is 0 Å². The number of nitrogens with one attached hydrogen (secondary N) is 1. The molecule has 3 heterocycles. The molecule has 1 aliphatic rings. The molecule has 1 atom stereocenters. The maximum Gasteiger partial charge on any atom is 0.229 e. The van der Waals surface area contributed by atoms with Crippen LogP contribution in [0.25, 0.3) is 10.9 Å². The molecule has 0 fully saturated rings. The third kappa shape index (κ3) is 3.10. The summed E-state index contributed by atoms with van der Waals surface area (Å²) in [5.41, 5.74) is 3.17. The van der Waals surface area contributed by atoms with E-state index in [4.69, 9.17) is 11.6 Å². The van der Waals surface area contributed by atoms with Gasteiger partial charge in [-0.1, -0.05) is 17.7 Å². The lowest BCUT2D eigenvalue weighted by molar-refractivity contribution is 0.543. The van der Waals surface area contributed by atoms with Gasteiger partial charge in [0.25, 0.3) is 0 Å². The average Bonchev–Trinajstić information content (AvgIpc) is 3.05. The minimum Gasteiger partial charge on any atom is -0.356 e. The molecule has 0 saturated heterocycles. The van der Waals surface area contributed by atoms with E-state index in [1.807, 2.05) is 23.1 Å². The Hall–Kier alpha value is -3.06. The zero-order chi connectivity index (χ0) is 21.0. The SMILES string of the molecule is Cc1nc(C)nc(N2CCc3c([nH]c4ccc(Cl)cc34)C2c2ccc(F)cc2F)n1. The van der Waals surface area contributed by atoms with E-state index in [1.54, 1.807) is 13.8 Å². The number of aryl methyl sites for hydroxylation is 2. The van der Waals surface area contributed by atoms with Crippen LogP contribution < -0.4 is 4.90 Å². The lowest BCUT2D eigenvalue weighted by atomic mass is 9.92. The molecule has 30 heavy (non-hydrogen) atoms. The van der Waals surface area contributed by atoms with Crippen molar-refractivity contribution in [2.24, 2.45) is 0 Å². The smallest absolute Gasteiger partial charge is 0.229 e. The van der Waals surface area contributed by atoms with E-state index in [1.165, 1.54) is 12.1 Å². The maximum absolute atomic E-state index is 14.9. The van der Waals surface area contributed by atoms with Crippen molar-refractivity contribution in [3.05, 3.63) is 81.5 Å². The van der Waals surface area contributed by atoms with Gasteiger partial charge in [0, 0.05) is 39.8 Å². The van der Waals surface area contributed by atoms with Crippen LogP contribution in [-0.2, 0) is 6.42 Å². The van der Waals surface area contributed by atoms with E-state index in [0.29, 0.717) is 41.1 Å². The van der Waals surface area contributed by atoms with Gasteiger partial charge in [-0.2, -0.15) is 9.97 Å². The number of nitrogens with zero attached hydrogens (tertiary/aromatic N) is 4. The average molecular weight is 426 g/mol. The molecule has 0 saturated carbocycles. The van der Waals surface area contributed by atoms with Gasteiger partial charge in [0.05, 0.1) is 0 Å². The standard InChI is InChI=1S/C22H18ClF2N5/c1-11-26-12(2)28-22(27-11)30-8-7-15-17-9-13(23)3-6-19(17)29-20(15)21(30)16-5-4-14(24)10-18(16)25/h3-6,9-10,21,29H,7-8H2,1-2H3. The Labute approximate surface area is 176 Å². The molecule has 0 amide bonds. The number of anilines is 1. The zero-order valence-electron chi connectivity index (χ0n) is 16.4. The minimum absolute atomic E-state index is 0.353. The van der Waals surface area contributed by atoms with Crippen molar-refractivity contribution in [3.63, 3.8) is 0 Å². The van der Waals surface area contributed by atoms with Gasteiger partial charge >= 0.3 is 0 Å². The van der Waals surface area contributed by atoms with Crippen molar-refractivity contribution >= 4 is 28.5 Å². The molecule has 1 unspecified atom stereocenters. The first kappa shape index (κ1) is 18.9. The quantitative estimate of drug-likeness (QED) is 0.488. The van der Waals surface area contributed by atoms with E-state index in [0.717, 1.165) is 28.2 Å². The second kappa shape index (κ2) is 7.02. The Morgan fingerprint density at radius 2 is 1.80 bits per heavy atom. The molecule has 152 valence electrons. The Morgan fingerprint density at radius 1 is 1.03 bits per heavy atom. The molecule has 0 spiro atoms. The lowest BCUT2D eigenvalue weighted by Gasteiger charge is -2.36. The number of H-pyrrole nitrogens is 1. The first-order chi connectivity index (χ1) is 14.4. The molecule has 4 aromatic rings. The van der Waals surface area contributed by atoms with Gasteiger partial charge in [-0.05, 0) is 50.1 Å². The first-order valence-corrected chi connectivity index (χ1v) is 9.99. The molecular weight excluding hydrogens is 408 g/mol.